The van der Waals surface area contributed by atoms with Crippen molar-refractivity contribution >= 4 is 15.9 Å². The average molecular weight is 245 g/mol. The third-order valence-corrected chi connectivity index (χ3v) is 3.12. The molecule has 0 radical (unpaired) electrons. The summed E-state index contributed by atoms with van der Waals surface area (Å²) in [7, 11) is 0. The second-order valence-electron chi connectivity index (χ2n) is 3.98. The summed E-state index contributed by atoms with van der Waals surface area (Å²) in [4.78, 5) is 0. The molecule has 0 fully saturated rings. The van der Waals surface area contributed by atoms with E-state index in [0.717, 1.165) is 10.2 Å². The highest BCUT2D eigenvalue weighted by atomic mass is 79.9. The second kappa shape index (κ2) is 3.82. The Balaban J connectivity index is 3.20. The monoisotopic (exact) mass is 244 g/mol. The summed E-state index contributed by atoms with van der Waals surface area (Å²) in [5.41, 5.74) is 2.38. The SMILES string of the molecule is Cc1c(Br)c(C(C)C)nn1C(C)C. The highest BCUT2D eigenvalue weighted by Gasteiger charge is 2.15. The van der Waals surface area contributed by atoms with Crippen molar-refractivity contribution in [2.45, 2.75) is 46.6 Å². The molecule has 0 N–H and O–H groups in total. The maximum atomic E-state index is 4.58. The number of rotatable bonds is 2. The van der Waals surface area contributed by atoms with E-state index in [4.69, 9.17) is 0 Å². The molecule has 1 heterocycles. The zero-order valence-corrected chi connectivity index (χ0v) is 10.5. The smallest absolute Gasteiger partial charge is 0.0794 e. The van der Waals surface area contributed by atoms with Crippen molar-refractivity contribution in [1.29, 1.82) is 0 Å². The first-order valence-electron chi connectivity index (χ1n) is 4.69. The second-order valence-corrected chi connectivity index (χ2v) is 4.77. The minimum Gasteiger partial charge on any atom is -0.266 e. The van der Waals surface area contributed by atoms with Crippen molar-refractivity contribution in [3.63, 3.8) is 0 Å². The third-order valence-electron chi connectivity index (χ3n) is 2.14. The summed E-state index contributed by atoms with van der Waals surface area (Å²) in [6.07, 6.45) is 0. The summed E-state index contributed by atoms with van der Waals surface area (Å²) in [6.45, 7) is 10.7. The minimum atomic E-state index is 0.434. The van der Waals surface area contributed by atoms with E-state index in [1.54, 1.807) is 0 Å². The van der Waals surface area contributed by atoms with E-state index in [-0.39, 0.29) is 0 Å². The van der Waals surface area contributed by atoms with Crippen LogP contribution >= 0.6 is 15.9 Å². The van der Waals surface area contributed by atoms with Gasteiger partial charge in [-0.2, -0.15) is 5.10 Å². The van der Waals surface area contributed by atoms with E-state index in [9.17, 15) is 0 Å². The minimum absolute atomic E-state index is 0.434. The van der Waals surface area contributed by atoms with Gasteiger partial charge in [0.1, 0.15) is 0 Å². The fourth-order valence-electron chi connectivity index (χ4n) is 1.39. The highest BCUT2D eigenvalue weighted by molar-refractivity contribution is 9.10. The molecule has 0 unspecified atom stereocenters. The van der Waals surface area contributed by atoms with Crippen LogP contribution in [0.5, 0.6) is 0 Å². The summed E-state index contributed by atoms with van der Waals surface area (Å²) in [6, 6.07) is 0.434. The molecular formula is C10H17BrN2. The van der Waals surface area contributed by atoms with Gasteiger partial charge in [-0.3, -0.25) is 4.68 Å². The molecule has 74 valence electrons. The molecule has 0 aliphatic carbocycles. The number of halogens is 1. The van der Waals surface area contributed by atoms with Gasteiger partial charge in [0.2, 0.25) is 0 Å². The van der Waals surface area contributed by atoms with Crippen molar-refractivity contribution in [1.82, 2.24) is 9.78 Å². The maximum absolute atomic E-state index is 4.58. The molecule has 2 nitrogen and oxygen atoms in total. The van der Waals surface area contributed by atoms with Gasteiger partial charge >= 0.3 is 0 Å². The van der Waals surface area contributed by atoms with E-state index < -0.39 is 0 Å². The first-order valence-corrected chi connectivity index (χ1v) is 5.49. The van der Waals surface area contributed by atoms with Crippen molar-refractivity contribution in [3.8, 4) is 0 Å². The van der Waals surface area contributed by atoms with E-state index in [1.165, 1.54) is 5.69 Å². The summed E-state index contributed by atoms with van der Waals surface area (Å²) in [5, 5.41) is 4.58. The molecule has 13 heavy (non-hydrogen) atoms. The van der Waals surface area contributed by atoms with Gasteiger partial charge in [0.15, 0.2) is 0 Å². The zero-order chi connectivity index (χ0) is 10.2. The van der Waals surface area contributed by atoms with E-state index >= 15 is 0 Å². The van der Waals surface area contributed by atoms with Gasteiger partial charge in [0.05, 0.1) is 15.9 Å². The van der Waals surface area contributed by atoms with E-state index in [2.05, 4.69) is 60.3 Å². The van der Waals surface area contributed by atoms with E-state index in [1.807, 2.05) is 0 Å². The topological polar surface area (TPSA) is 17.8 Å². The average Bonchev–Trinajstić information content (AvgIpc) is 2.29. The molecule has 1 aromatic rings. The maximum Gasteiger partial charge on any atom is 0.0794 e. The largest absolute Gasteiger partial charge is 0.266 e. The van der Waals surface area contributed by atoms with Gasteiger partial charge in [-0.25, -0.2) is 0 Å². The Morgan fingerprint density at radius 2 is 1.77 bits per heavy atom. The molecule has 0 spiro atoms. The number of hydrogen-bond donors (Lipinski definition) is 0. The number of aromatic nitrogens is 2. The Labute approximate surface area is 88.5 Å². The van der Waals surface area contributed by atoms with Gasteiger partial charge in [0, 0.05) is 6.04 Å². The van der Waals surface area contributed by atoms with Crippen LogP contribution in [0.2, 0.25) is 0 Å². The predicted molar refractivity (Wildman–Crippen MR) is 59.1 cm³/mol. The fourth-order valence-corrected chi connectivity index (χ4v) is 2.11. The van der Waals surface area contributed by atoms with Crippen molar-refractivity contribution in [3.05, 3.63) is 15.9 Å². The van der Waals surface area contributed by atoms with Gasteiger partial charge < -0.3 is 0 Å². The van der Waals surface area contributed by atoms with E-state index in [0.29, 0.717) is 12.0 Å². The van der Waals surface area contributed by atoms with Crippen LogP contribution in [0, 0.1) is 6.92 Å². The fraction of sp³-hybridized carbons (Fsp3) is 0.700. The molecule has 3 heteroatoms. The highest BCUT2D eigenvalue weighted by Crippen LogP contribution is 2.28. The van der Waals surface area contributed by atoms with Crippen molar-refractivity contribution < 1.29 is 0 Å². The Morgan fingerprint density at radius 1 is 1.23 bits per heavy atom. The Hall–Kier alpha value is -0.310. The van der Waals surface area contributed by atoms with Crippen molar-refractivity contribution in [2.75, 3.05) is 0 Å². The Morgan fingerprint density at radius 3 is 2.00 bits per heavy atom. The number of hydrogen-bond acceptors (Lipinski definition) is 1. The lowest BCUT2D eigenvalue weighted by Crippen LogP contribution is -2.05. The first-order chi connectivity index (χ1) is 5.95. The molecule has 1 rings (SSSR count). The van der Waals surface area contributed by atoms with Crippen LogP contribution in [0.15, 0.2) is 4.47 Å². The summed E-state index contributed by atoms with van der Waals surface area (Å²) in [5.74, 6) is 0.480. The molecule has 0 aromatic carbocycles. The van der Waals surface area contributed by atoms with Crippen LogP contribution in [0.25, 0.3) is 0 Å². The Bertz CT molecular complexity index is 272. The van der Waals surface area contributed by atoms with Crippen LogP contribution in [0.1, 0.15) is 51.0 Å². The predicted octanol–water partition coefficient (Wildman–Crippen LogP) is 3.66. The number of nitrogens with zero attached hydrogens (tertiary/aromatic N) is 2. The molecule has 0 saturated heterocycles. The molecule has 0 aliphatic heterocycles. The van der Waals surface area contributed by atoms with Gasteiger partial charge in [-0.05, 0) is 42.6 Å². The van der Waals surface area contributed by atoms with Crippen LogP contribution in [0.3, 0.4) is 0 Å². The van der Waals surface area contributed by atoms with Crippen LogP contribution in [-0.4, -0.2) is 9.78 Å². The Kier molecular flexibility index (Phi) is 3.17. The molecular weight excluding hydrogens is 228 g/mol. The molecule has 0 bridgehead atoms. The third kappa shape index (κ3) is 1.96. The van der Waals surface area contributed by atoms with Gasteiger partial charge in [-0.1, -0.05) is 13.8 Å². The summed E-state index contributed by atoms with van der Waals surface area (Å²) < 4.78 is 3.23. The first kappa shape index (κ1) is 10.8. The molecule has 0 aliphatic rings. The quantitative estimate of drug-likeness (QED) is 0.777. The standard InChI is InChI=1S/C10H17BrN2/c1-6(2)10-9(11)8(5)13(12-10)7(3)4/h6-7H,1-5H3. The lowest BCUT2D eigenvalue weighted by atomic mass is 10.1. The molecule has 0 atom stereocenters. The van der Waals surface area contributed by atoms with Gasteiger partial charge in [0.25, 0.3) is 0 Å². The molecule has 0 amide bonds. The normalized spacial score (nSPS) is 11.7. The lowest BCUT2D eigenvalue weighted by Gasteiger charge is -2.07. The lowest BCUT2D eigenvalue weighted by molar-refractivity contribution is 0.510. The van der Waals surface area contributed by atoms with Gasteiger partial charge in [-0.15, -0.1) is 0 Å². The van der Waals surface area contributed by atoms with Crippen molar-refractivity contribution in [2.24, 2.45) is 0 Å². The molecule has 0 saturated carbocycles. The summed E-state index contributed by atoms with van der Waals surface area (Å²) >= 11 is 3.59. The molecule has 1 aromatic heterocycles. The van der Waals surface area contributed by atoms with Crippen LogP contribution in [0.4, 0.5) is 0 Å². The van der Waals surface area contributed by atoms with Crippen LogP contribution in [-0.2, 0) is 0 Å². The van der Waals surface area contributed by atoms with Crippen LogP contribution < -0.4 is 0 Å². The zero-order valence-electron chi connectivity index (χ0n) is 8.93.